The number of nitrogens with zero attached hydrogens (tertiary/aromatic N) is 1. The number of nitrogens with one attached hydrogen (secondary N) is 1. The van der Waals surface area contributed by atoms with Crippen LogP contribution in [0.25, 0.3) is 0 Å². The second kappa shape index (κ2) is 9.51. The predicted molar refractivity (Wildman–Crippen MR) is 111 cm³/mol. The Bertz CT molecular complexity index is 939. The molecular weight excluding hydrogens is 414 g/mol. The number of carbonyl (C=O) groups is 2. The SMILES string of the molecule is Nc1cc(F)c(F)cc1C(=O)NCC(=O)C(N)C1CCN(Cc2ccc(Cl)cc2)C1. The monoisotopic (exact) mass is 436 g/mol. The quantitative estimate of drug-likeness (QED) is 0.578. The van der Waals surface area contributed by atoms with Crippen LogP contribution in [0.15, 0.2) is 36.4 Å². The van der Waals surface area contributed by atoms with E-state index in [2.05, 4.69) is 10.2 Å². The minimum Gasteiger partial charge on any atom is -0.398 e. The molecule has 3 rings (SSSR count). The second-order valence-corrected chi connectivity index (χ2v) is 7.88. The average Bonchev–Trinajstić information content (AvgIpc) is 3.18. The van der Waals surface area contributed by atoms with Gasteiger partial charge in [-0.1, -0.05) is 23.7 Å². The number of amides is 1. The number of carbonyl (C=O) groups excluding carboxylic acids is 2. The molecule has 2 aromatic rings. The van der Waals surface area contributed by atoms with Gasteiger partial charge in [0, 0.05) is 29.9 Å². The highest BCUT2D eigenvalue weighted by Gasteiger charge is 2.31. The van der Waals surface area contributed by atoms with Crippen LogP contribution in [-0.2, 0) is 11.3 Å². The van der Waals surface area contributed by atoms with Crippen molar-refractivity contribution in [2.24, 2.45) is 11.7 Å². The zero-order chi connectivity index (χ0) is 21.8. The highest BCUT2D eigenvalue weighted by Crippen LogP contribution is 2.22. The number of nitrogens with two attached hydrogens (primary N) is 2. The van der Waals surface area contributed by atoms with Crippen LogP contribution in [0.4, 0.5) is 14.5 Å². The number of nitrogen functional groups attached to an aromatic ring is 1. The first kappa shape index (κ1) is 22.1. The molecule has 1 aliphatic heterocycles. The summed E-state index contributed by atoms with van der Waals surface area (Å²) in [4.78, 5) is 26.8. The van der Waals surface area contributed by atoms with Crippen LogP contribution in [-0.4, -0.2) is 42.3 Å². The Morgan fingerprint density at radius 1 is 1.20 bits per heavy atom. The highest BCUT2D eigenvalue weighted by atomic mass is 35.5. The van der Waals surface area contributed by atoms with Crippen LogP contribution in [0, 0.1) is 17.6 Å². The van der Waals surface area contributed by atoms with Crippen molar-refractivity contribution < 1.29 is 18.4 Å². The van der Waals surface area contributed by atoms with E-state index in [1.807, 2.05) is 24.3 Å². The van der Waals surface area contributed by atoms with Gasteiger partial charge in [0.15, 0.2) is 17.4 Å². The van der Waals surface area contributed by atoms with Gasteiger partial charge in [-0.3, -0.25) is 14.5 Å². The van der Waals surface area contributed by atoms with Gasteiger partial charge in [-0.15, -0.1) is 0 Å². The Labute approximate surface area is 178 Å². The maximum absolute atomic E-state index is 13.4. The van der Waals surface area contributed by atoms with Crippen LogP contribution < -0.4 is 16.8 Å². The number of hydrogen-bond donors (Lipinski definition) is 3. The first-order chi connectivity index (χ1) is 14.2. The van der Waals surface area contributed by atoms with E-state index in [0.29, 0.717) is 17.6 Å². The molecule has 2 atom stereocenters. The topological polar surface area (TPSA) is 101 Å². The third-order valence-corrected chi connectivity index (χ3v) is 5.52. The molecule has 30 heavy (non-hydrogen) atoms. The van der Waals surface area contributed by atoms with E-state index in [0.717, 1.165) is 31.1 Å². The van der Waals surface area contributed by atoms with Crippen molar-refractivity contribution in [2.75, 3.05) is 25.4 Å². The molecule has 1 amide bonds. The maximum Gasteiger partial charge on any atom is 0.253 e. The zero-order valence-corrected chi connectivity index (χ0v) is 17.0. The Kier molecular flexibility index (Phi) is 7.02. The van der Waals surface area contributed by atoms with Crippen LogP contribution >= 0.6 is 11.6 Å². The third-order valence-electron chi connectivity index (χ3n) is 5.27. The molecule has 1 heterocycles. The van der Waals surface area contributed by atoms with E-state index in [4.69, 9.17) is 23.1 Å². The smallest absolute Gasteiger partial charge is 0.253 e. The largest absolute Gasteiger partial charge is 0.398 e. The molecule has 2 unspecified atom stereocenters. The Morgan fingerprint density at radius 2 is 1.87 bits per heavy atom. The lowest BCUT2D eigenvalue weighted by molar-refractivity contribution is -0.120. The second-order valence-electron chi connectivity index (χ2n) is 7.44. The average molecular weight is 437 g/mol. The number of ketones is 1. The summed E-state index contributed by atoms with van der Waals surface area (Å²) >= 11 is 5.90. The van der Waals surface area contributed by atoms with E-state index < -0.39 is 23.6 Å². The number of halogens is 3. The summed E-state index contributed by atoms with van der Waals surface area (Å²) in [5, 5.41) is 3.06. The maximum atomic E-state index is 13.4. The standard InChI is InChI=1S/C21H23ClF2N4O2/c22-14-3-1-12(2-4-14)10-28-6-5-13(11-28)20(26)19(29)9-27-21(30)15-7-16(23)17(24)8-18(15)25/h1-4,7-8,13,20H,5-6,9-11,25-26H2,(H,27,30). The van der Waals surface area contributed by atoms with Crippen molar-refractivity contribution in [1.29, 1.82) is 0 Å². The fourth-order valence-electron chi connectivity index (χ4n) is 3.55. The van der Waals surface area contributed by atoms with Gasteiger partial charge in [0.2, 0.25) is 0 Å². The highest BCUT2D eigenvalue weighted by molar-refractivity contribution is 6.30. The summed E-state index contributed by atoms with van der Waals surface area (Å²) < 4.78 is 26.5. The Morgan fingerprint density at radius 3 is 2.57 bits per heavy atom. The molecular formula is C21H23ClF2N4O2. The van der Waals surface area contributed by atoms with Crippen molar-refractivity contribution in [2.45, 2.75) is 19.0 Å². The first-order valence-electron chi connectivity index (χ1n) is 9.52. The van der Waals surface area contributed by atoms with Gasteiger partial charge < -0.3 is 16.8 Å². The van der Waals surface area contributed by atoms with E-state index in [1.54, 1.807) is 0 Å². The van der Waals surface area contributed by atoms with Gasteiger partial charge in [0.05, 0.1) is 18.2 Å². The molecule has 6 nitrogen and oxygen atoms in total. The number of benzene rings is 2. The Hall–Kier alpha value is -2.55. The number of anilines is 1. The van der Waals surface area contributed by atoms with Crippen molar-refractivity contribution in [3.63, 3.8) is 0 Å². The normalized spacial score (nSPS) is 17.7. The molecule has 0 aromatic heterocycles. The van der Waals surface area contributed by atoms with Crippen LogP contribution in [0.5, 0.6) is 0 Å². The summed E-state index contributed by atoms with van der Waals surface area (Å²) in [7, 11) is 0. The predicted octanol–water partition coefficient (Wildman–Crippen LogP) is 2.35. The molecule has 1 fully saturated rings. The van der Waals surface area contributed by atoms with Crippen LogP contribution in [0.1, 0.15) is 22.3 Å². The fourth-order valence-corrected chi connectivity index (χ4v) is 3.68. The van der Waals surface area contributed by atoms with Crippen molar-refractivity contribution >= 4 is 29.0 Å². The number of likely N-dealkylation sites (tertiary alicyclic amines) is 1. The molecule has 2 aromatic carbocycles. The van der Waals surface area contributed by atoms with Gasteiger partial charge in [-0.2, -0.15) is 0 Å². The molecule has 9 heteroatoms. The summed E-state index contributed by atoms with van der Waals surface area (Å²) in [6, 6.07) is 8.29. The van der Waals surface area contributed by atoms with E-state index in [9.17, 15) is 18.4 Å². The van der Waals surface area contributed by atoms with Crippen molar-refractivity contribution in [3.05, 3.63) is 64.2 Å². The van der Waals surface area contributed by atoms with Gasteiger partial charge in [-0.05, 0) is 42.6 Å². The lowest BCUT2D eigenvalue weighted by atomic mass is 9.96. The van der Waals surface area contributed by atoms with Crippen molar-refractivity contribution in [3.8, 4) is 0 Å². The molecule has 0 aliphatic carbocycles. The summed E-state index contributed by atoms with van der Waals surface area (Å²) in [5.41, 5.74) is 12.4. The van der Waals surface area contributed by atoms with Crippen LogP contribution in [0.2, 0.25) is 5.02 Å². The summed E-state index contributed by atoms with van der Waals surface area (Å²) in [5.74, 6) is -3.46. The van der Waals surface area contributed by atoms with Crippen LogP contribution in [0.3, 0.4) is 0 Å². The van der Waals surface area contributed by atoms with Crippen molar-refractivity contribution in [1.82, 2.24) is 10.2 Å². The number of hydrogen-bond acceptors (Lipinski definition) is 5. The Balaban J connectivity index is 1.50. The van der Waals surface area contributed by atoms with E-state index in [-0.39, 0.29) is 29.5 Å². The lowest BCUT2D eigenvalue weighted by Crippen LogP contribution is -2.45. The molecule has 5 N–H and O–H groups in total. The lowest BCUT2D eigenvalue weighted by Gasteiger charge is -2.20. The fraction of sp³-hybridized carbons (Fsp3) is 0.333. The minimum absolute atomic E-state index is 0.0324. The molecule has 1 saturated heterocycles. The molecule has 0 radical (unpaired) electrons. The first-order valence-corrected chi connectivity index (χ1v) is 9.90. The van der Waals surface area contributed by atoms with E-state index >= 15 is 0 Å². The number of Topliss-reactive ketones (excluding diaryl/α,β-unsaturated/α-hetero) is 1. The zero-order valence-electron chi connectivity index (χ0n) is 16.2. The van der Waals surface area contributed by atoms with E-state index in [1.165, 1.54) is 0 Å². The minimum atomic E-state index is -1.19. The van der Waals surface area contributed by atoms with Gasteiger partial charge in [0.25, 0.3) is 5.91 Å². The van der Waals surface area contributed by atoms with Gasteiger partial charge >= 0.3 is 0 Å². The van der Waals surface area contributed by atoms with Gasteiger partial charge in [0.1, 0.15) is 0 Å². The molecule has 1 aliphatic rings. The third kappa shape index (κ3) is 5.33. The number of rotatable bonds is 7. The molecule has 0 bridgehead atoms. The molecule has 160 valence electrons. The molecule has 0 saturated carbocycles. The summed E-state index contributed by atoms with van der Waals surface area (Å²) in [6.07, 6.45) is 0.768. The van der Waals surface area contributed by atoms with Gasteiger partial charge in [-0.25, -0.2) is 8.78 Å². The summed E-state index contributed by atoms with van der Waals surface area (Å²) in [6.45, 7) is 1.90. The molecule has 0 spiro atoms.